The van der Waals surface area contributed by atoms with Crippen LogP contribution >= 0.6 is 0 Å². The van der Waals surface area contributed by atoms with Crippen LogP contribution in [0.2, 0.25) is 0 Å². The van der Waals surface area contributed by atoms with Gasteiger partial charge in [-0.05, 0) is 5.56 Å². The SMILES string of the molecule is COCCO.COc1cn(O)c(CO)c(OCc2ccccc2)c1=O. The number of aromatic nitrogens is 1. The fourth-order valence-corrected chi connectivity index (χ4v) is 1.85. The molecule has 0 fully saturated rings. The smallest absolute Gasteiger partial charge is 0.265 e. The van der Waals surface area contributed by atoms with Crippen LogP contribution in [0.5, 0.6) is 11.5 Å². The van der Waals surface area contributed by atoms with E-state index in [1.54, 1.807) is 7.11 Å². The zero-order valence-electron chi connectivity index (χ0n) is 14.2. The molecule has 138 valence electrons. The fourth-order valence-electron chi connectivity index (χ4n) is 1.85. The van der Waals surface area contributed by atoms with Gasteiger partial charge in [0, 0.05) is 7.11 Å². The van der Waals surface area contributed by atoms with Crippen molar-refractivity contribution in [3.8, 4) is 11.5 Å². The van der Waals surface area contributed by atoms with Gasteiger partial charge < -0.3 is 29.6 Å². The van der Waals surface area contributed by atoms with Gasteiger partial charge in [-0.2, -0.15) is 4.73 Å². The maximum Gasteiger partial charge on any atom is 0.265 e. The van der Waals surface area contributed by atoms with Gasteiger partial charge in [-0.3, -0.25) is 4.79 Å². The van der Waals surface area contributed by atoms with Gasteiger partial charge in [0.25, 0.3) is 5.43 Å². The van der Waals surface area contributed by atoms with Crippen LogP contribution in [0.4, 0.5) is 0 Å². The average molecular weight is 353 g/mol. The van der Waals surface area contributed by atoms with Crippen LogP contribution in [0.1, 0.15) is 11.3 Å². The fraction of sp³-hybridized carbons (Fsp3) is 0.353. The standard InChI is InChI=1S/C14H15NO5.C3H8O2/c1-19-12-7-15(18)11(8-16)14(13(12)17)20-9-10-5-3-2-4-6-10;1-5-3-2-4/h2-7,16,18H,8-9H2,1H3;4H,2-3H2,1H3. The third kappa shape index (κ3) is 6.11. The van der Waals surface area contributed by atoms with E-state index in [0.29, 0.717) is 11.3 Å². The van der Waals surface area contributed by atoms with Gasteiger partial charge in [-0.1, -0.05) is 30.3 Å². The molecular weight excluding hydrogens is 330 g/mol. The second kappa shape index (κ2) is 11.1. The van der Waals surface area contributed by atoms with E-state index in [9.17, 15) is 15.1 Å². The molecule has 0 amide bonds. The molecule has 8 nitrogen and oxygen atoms in total. The molecule has 1 aromatic heterocycles. The Bertz CT molecular complexity index is 683. The Balaban J connectivity index is 0.000000550. The Morgan fingerprint density at radius 1 is 1.12 bits per heavy atom. The van der Waals surface area contributed by atoms with E-state index in [-0.39, 0.29) is 30.4 Å². The zero-order chi connectivity index (χ0) is 18.7. The molecule has 0 spiro atoms. The molecule has 0 aliphatic heterocycles. The first kappa shape index (κ1) is 20.5. The number of ether oxygens (including phenoxy) is 3. The van der Waals surface area contributed by atoms with E-state index in [4.69, 9.17) is 14.6 Å². The summed E-state index contributed by atoms with van der Waals surface area (Å²) in [4.78, 5) is 12.1. The minimum Gasteiger partial charge on any atom is -0.491 e. The Morgan fingerprint density at radius 2 is 1.80 bits per heavy atom. The van der Waals surface area contributed by atoms with E-state index >= 15 is 0 Å². The van der Waals surface area contributed by atoms with Gasteiger partial charge in [0.15, 0.2) is 11.5 Å². The van der Waals surface area contributed by atoms with Crippen molar-refractivity contribution in [2.75, 3.05) is 27.4 Å². The molecule has 0 aliphatic rings. The predicted molar refractivity (Wildman–Crippen MR) is 90.1 cm³/mol. The van der Waals surface area contributed by atoms with Crippen molar-refractivity contribution in [1.29, 1.82) is 0 Å². The van der Waals surface area contributed by atoms with E-state index in [0.717, 1.165) is 11.8 Å². The molecular formula is C17H23NO7. The van der Waals surface area contributed by atoms with Crippen molar-refractivity contribution in [2.24, 2.45) is 0 Å². The quantitative estimate of drug-likeness (QED) is 0.631. The maximum absolute atomic E-state index is 12.1. The molecule has 0 aliphatic carbocycles. The van der Waals surface area contributed by atoms with E-state index in [2.05, 4.69) is 4.74 Å². The molecule has 2 rings (SSSR count). The van der Waals surface area contributed by atoms with Crippen LogP contribution in [0.25, 0.3) is 0 Å². The molecule has 0 saturated carbocycles. The van der Waals surface area contributed by atoms with Gasteiger partial charge in [0.05, 0.1) is 33.1 Å². The number of hydrogen-bond donors (Lipinski definition) is 3. The minimum atomic E-state index is -0.528. The van der Waals surface area contributed by atoms with Gasteiger partial charge in [0.1, 0.15) is 12.3 Å². The highest BCUT2D eigenvalue weighted by Crippen LogP contribution is 2.18. The first-order valence-corrected chi connectivity index (χ1v) is 7.48. The Labute approximate surface area is 145 Å². The normalized spacial score (nSPS) is 9.92. The highest BCUT2D eigenvalue weighted by atomic mass is 16.5. The molecule has 1 aromatic carbocycles. The molecule has 0 radical (unpaired) electrons. The van der Waals surface area contributed by atoms with Crippen molar-refractivity contribution in [3.63, 3.8) is 0 Å². The summed E-state index contributed by atoms with van der Waals surface area (Å²) in [6, 6.07) is 9.25. The van der Waals surface area contributed by atoms with E-state index < -0.39 is 12.0 Å². The van der Waals surface area contributed by atoms with Gasteiger partial charge in [-0.25, -0.2) is 0 Å². The van der Waals surface area contributed by atoms with Crippen LogP contribution in [0.15, 0.2) is 41.3 Å². The molecule has 0 saturated heterocycles. The number of pyridine rings is 1. The Morgan fingerprint density at radius 3 is 2.28 bits per heavy atom. The third-order valence-electron chi connectivity index (χ3n) is 3.10. The van der Waals surface area contributed by atoms with E-state index in [1.807, 2.05) is 30.3 Å². The minimum absolute atomic E-state index is 0.0215. The predicted octanol–water partition coefficient (Wildman–Crippen LogP) is 0.791. The van der Waals surface area contributed by atoms with Gasteiger partial charge in [-0.15, -0.1) is 0 Å². The molecule has 3 N–H and O–H groups in total. The zero-order valence-corrected chi connectivity index (χ0v) is 14.2. The van der Waals surface area contributed by atoms with Crippen LogP contribution in [0.3, 0.4) is 0 Å². The summed E-state index contributed by atoms with van der Waals surface area (Å²) in [5, 5.41) is 26.9. The second-order valence-corrected chi connectivity index (χ2v) is 4.80. The third-order valence-corrected chi connectivity index (χ3v) is 3.10. The van der Waals surface area contributed by atoms with Crippen molar-refractivity contribution in [3.05, 3.63) is 58.0 Å². The number of benzene rings is 1. The number of hydrogen-bond acceptors (Lipinski definition) is 7. The first-order chi connectivity index (χ1) is 12.1. The average Bonchev–Trinajstić information content (AvgIpc) is 2.64. The summed E-state index contributed by atoms with van der Waals surface area (Å²) in [5.74, 6) is -0.189. The first-order valence-electron chi connectivity index (χ1n) is 7.48. The molecule has 0 bridgehead atoms. The van der Waals surface area contributed by atoms with Crippen LogP contribution in [-0.4, -0.2) is 47.6 Å². The van der Waals surface area contributed by atoms with Crippen molar-refractivity contribution < 1.29 is 29.6 Å². The number of rotatable bonds is 7. The summed E-state index contributed by atoms with van der Waals surface area (Å²) in [5.41, 5.74) is 0.326. The summed E-state index contributed by atoms with van der Waals surface area (Å²) >= 11 is 0. The molecule has 0 atom stereocenters. The van der Waals surface area contributed by atoms with Crippen LogP contribution in [-0.2, 0) is 18.0 Å². The molecule has 0 unspecified atom stereocenters. The highest BCUT2D eigenvalue weighted by molar-refractivity contribution is 5.35. The van der Waals surface area contributed by atoms with Crippen LogP contribution < -0.4 is 14.9 Å². The van der Waals surface area contributed by atoms with Gasteiger partial charge in [0.2, 0.25) is 0 Å². The summed E-state index contributed by atoms with van der Waals surface area (Å²) in [7, 11) is 2.87. The van der Waals surface area contributed by atoms with E-state index in [1.165, 1.54) is 7.11 Å². The molecule has 1 heterocycles. The van der Waals surface area contributed by atoms with Crippen molar-refractivity contribution in [1.82, 2.24) is 4.73 Å². The summed E-state index contributed by atoms with van der Waals surface area (Å²) < 4.78 is 15.4. The summed E-state index contributed by atoms with van der Waals surface area (Å²) in [6.45, 7) is 0.187. The monoisotopic (exact) mass is 353 g/mol. The van der Waals surface area contributed by atoms with Crippen LogP contribution in [0, 0.1) is 0 Å². The summed E-state index contributed by atoms with van der Waals surface area (Å²) in [6.07, 6.45) is 1.09. The second-order valence-electron chi connectivity index (χ2n) is 4.80. The lowest BCUT2D eigenvalue weighted by atomic mass is 10.2. The molecule has 2 aromatic rings. The van der Waals surface area contributed by atoms with Crippen molar-refractivity contribution >= 4 is 0 Å². The highest BCUT2D eigenvalue weighted by Gasteiger charge is 2.17. The number of aliphatic hydroxyl groups is 2. The molecule has 8 heteroatoms. The largest absolute Gasteiger partial charge is 0.491 e. The number of methoxy groups -OCH3 is 2. The molecule has 25 heavy (non-hydrogen) atoms. The lowest BCUT2D eigenvalue weighted by molar-refractivity contribution is 0.135. The van der Waals surface area contributed by atoms with Crippen molar-refractivity contribution in [2.45, 2.75) is 13.2 Å². The lowest BCUT2D eigenvalue weighted by Gasteiger charge is -2.13. The Hall–Kier alpha value is -2.55. The lowest BCUT2D eigenvalue weighted by Crippen LogP contribution is -2.18. The Kier molecular flexibility index (Phi) is 9.09. The number of nitrogens with zero attached hydrogens (tertiary/aromatic N) is 1. The number of aliphatic hydroxyl groups excluding tert-OH is 2. The maximum atomic E-state index is 12.1. The topological polar surface area (TPSA) is 110 Å². The van der Waals surface area contributed by atoms with Gasteiger partial charge >= 0.3 is 0 Å².